The van der Waals surface area contributed by atoms with Crippen molar-refractivity contribution in [2.24, 2.45) is 0 Å². The van der Waals surface area contributed by atoms with Crippen molar-refractivity contribution in [3.05, 3.63) is 59.2 Å². The van der Waals surface area contributed by atoms with Gasteiger partial charge < -0.3 is 15.2 Å². The number of hydrogen-bond acceptors (Lipinski definition) is 4. The van der Waals surface area contributed by atoms with Crippen LogP contribution in [0, 0.1) is 23.0 Å². The lowest BCUT2D eigenvalue weighted by atomic mass is 10.1. The van der Waals surface area contributed by atoms with Crippen molar-refractivity contribution in [1.29, 1.82) is 5.26 Å². The van der Waals surface area contributed by atoms with Gasteiger partial charge in [-0.3, -0.25) is 4.79 Å². The van der Waals surface area contributed by atoms with Gasteiger partial charge in [-0.1, -0.05) is 6.07 Å². The van der Waals surface area contributed by atoms with Gasteiger partial charge >= 0.3 is 0 Å². The van der Waals surface area contributed by atoms with Gasteiger partial charge in [0, 0.05) is 6.07 Å². The lowest BCUT2D eigenvalue weighted by Gasteiger charge is -2.06. The summed E-state index contributed by atoms with van der Waals surface area (Å²) in [6.45, 7) is 0. The molecule has 2 aromatic rings. The number of phenolic OH excluding ortho intramolecular Hbond substituents is 1. The maximum Gasteiger partial charge on any atom is 0.266 e. The number of amides is 1. The standard InChI is InChI=1S/C17H12F2N2O3/c1-24-16-5-2-10(7-15(16)22)6-11(9-20)17(23)21-14-4-3-12(18)8-13(14)19/h2-8,22H,1H3,(H,21,23)/b11-6+. The third-order valence-corrected chi connectivity index (χ3v) is 3.06. The Morgan fingerprint density at radius 2 is 2.04 bits per heavy atom. The molecule has 7 heteroatoms. The average Bonchev–Trinajstić information content (AvgIpc) is 2.55. The zero-order valence-electron chi connectivity index (χ0n) is 12.5. The van der Waals surface area contributed by atoms with E-state index < -0.39 is 17.5 Å². The number of rotatable bonds is 4. The Labute approximate surface area is 136 Å². The first kappa shape index (κ1) is 17.0. The third-order valence-electron chi connectivity index (χ3n) is 3.06. The predicted molar refractivity (Wildman–Crippen MR) is 83.2 cm³/mol. The predicted octanol–water partition coefficient (Wildman–Crippen LogP) is 3.22. The number of halogens is 2. The molecule has 0 atom stereocenters. The van der Waals surface area contributed by atoms with Crippen molar-refractivity contribution < 1.29 is 23.4 Å². The molecule has 0 fully saturated rings. The van der Waals surface area contributed by atoms with E-state index in [0.717, 1.165) is 12.1 Å². The first-order chi connectivity index (χ1) is 11.4. The topological polar surface area (TPSA) is 82.3 Å². The van der Waals surface area contributed by atoms with E-state index in [9.17, 15) is 18.7 Å². The van der Waals surface area contributed by atoms with Gasteiger partial charge in [0.15, 0.2) is 11.5 Å². The summed E-state index contributed by atoms with van der Waals surface area (Å²) in [7, 11) is 1.38. The number of phenols is 1. The zero-order valence-corrected chi connectivity index (χ0v) is 12.5. The summed E-state index contributed by atoms with van der Waals surface area (Å²) >= 11 is 0. The molecule has 24 heavy (non-hydrogen) atoms. The highest BCUT2D eigenvalue weighted by Gasteiger charge is 2.13. The second kappa shape index (κ2) is 7.24. The summed E-state index contributed by atoms with van der Waals surface area (Å²) < 4.78 is 31.3. The van der Waals surface area contributed by atoms with Gasteiger partial charge in [-0.2, -0.15) is 5.26 Å². The van der Waals surface area contributed by atoms with E-state index in [1.807, 2.05) is 0 Å². The van der Waals surface area contributed by atoms with Crippen molar-refractivity contribution in [3.63, 3.8) is 0 Å². The summed E-state index contributed by atoms with van der Waals surface area (Å²) in [5, 5.41) is 21.0. The average molecular weight is 330 g/mol. The SMILES string of the molecule is COc1ccc(/C=C(\C#N)C(=O)Nc2ccc(F)cc2F)cc1O. The Morgan fingerprint density at radius 1 is 1.29 bits per heavy atom. The minimum Gasteiger partial charge on any atom is -0.504 e. The van der Waals surface area contributed by atoms with Gasteiger partial charge in [0.25, 0.3) is 5.91 Å². The van der Waals surface area contributed by atoms with Crippen molar-refractivity contribution >= 4 is 17.7 Å². The zero-order chi connectivity index (χ0) is 17.7. The van der Waals surface area contributed by atoms with Gasteiger partial charge in [-0.05, 0) is 35.9 Å². The largest absolute Gasteiger partial charge is 0.504 e. The maximum absolute atomic E-state index is 13.5. The molecule has 122 valence electrons. The molecule has 0 aliphatic carbocycles. The summed E-state index contributed by atoms with van der Waals surface area (Å²) in [6, 6.07) is 8.64. The number of carbonyl (C=O) groups is 1. The second-order valence-electron chi connectivity index (χ2n) is 4.68. The Bertz CT molecular complexity index is 857. The van der Waals surface area contributed by atoms with Crippen LogP contribution in [0.4, 0.5) is 14.5 Å². The molecule has 2 N–H and O–H groups in total. The molecule has 2 aromatic carbocycles. The fraction of sp³-hybridized carbons (Fsp3) is 0.0588. The van der Waals surface area contributed by atoms with Crippen LogP contribution in [0.1, 0.15) is 5.56 Å². The molecule has 0 bridgehead atoms. The van der Waals surface area contributed by atoms with Gasteiger partial charge in [0.05, 0.1) is 12.8 Å². The minimum absolute atomic E-state index is 0.159. The second-order valence-corrected chi connectivity index (χ2v) is 4.68. The molecule has 0 unspecified atom stereocenters. The van der Waals surface area contributed by atoms with E-state index in [-0.39, 0.29) is 22.8 Å². The van der Waals surface area contributed by atoms with Crippen LogP contribution in [0.3, 0.4) is 0 Å². The first-order valence-corrected chi connectivity index (χ1v) is 6.70. The van der Waals surface area contributed by atoms with Gasteiger partial charge in [0.2, 0.25) is 0 Å². The highest BCUT2D eigenvalue weighted by molar-refractivity contribution is 6.09. The Kier molecular flexibility index (Phi) is 5.12. The number of aromatic hydroxyl groups is 1. The van der Waals surface area contributed by atoms with E-state index in [2.05, 4.69) is 5.32 Å². The number of carbonyl (C=O) groups excluding carboxylic acids is 1. The van der Waals surface area contributed by atoms with Crippen LogP contribution in [0.15, 0.2) is 42.0 Å². The van der Waals surface area contributed by atoms with Crippen LogP contribution in [0.5, 0.6) is 11.5 Å². The van der Waals surface area contributed by atoms with Crippen molar-refractivity contribution in [2.75, 3.05) is 12.4 Å². The van der Waals surface area contributed by atoms with Crippen LogP contribution in [-0.2, 0) is 4.79 Å². The van der Waals surface area contributed by atoms with Crippen LogP contribution in [-0.4, -0.2) is 18.1 Å². The van der Waals surface area contributed by atoms with E-state index in [1.165, 1.54) is 31.4 Å². The minimum atomic E-state index is -0.956. The number of benzene rings is 2. The molecule has 0 aliphatic heterocycles. The molecule has 2 rings (SSSR count). The normalized spacial score (nSPS) is 10.8. The van der Waals surface area contributed by atoms with Crippen molar-refractivity contribution in [2.45, 2.75) is 0 Å². The molecule has 0 aliphatic rings. The number of nitrogens with zero attached hydrogens (tertiary/aromatic N) is 1. The van der Waals surface area contributed by atoms with E-state index >= 15 is 0 Å². The van der Waals surface area contributed by atoms with Gasteiger partial charge in [-0.15, -0.1) is 0 Å². The maximum atomic E-state index is 13.5. The molecule has 0 spiro atoms. The highest BCUT2D eigenvalue weighted by Crippen LogP contribution is 2.27. The summed E-state index contributed by atoms with van der Waals surface area (Å²) in [4.78, 5) is 12.0. The summed E-state index contributed by atoms with van der Waals surface area (Å²) in [6.07, 6.45) is 1.22. The molecule has 0 saturated carbocycles. The van der Waals surface area contributed by atoms with Gasteiger partial charge in [0.1, 0.15) is 23.3 Å². The van der Waals surface area contributed by atoms with Crippen LogP contribution < -0.4 is 10.1 Å². The lowest BCUT2D eigenvalue weighted by Crippen LogP contribution is -2.14. The van der Waals surface area contributed by atoms with Crippen LogP contribution in [0.2, 0.25) is 0 Å². The van der Waals surface area contributed by atoms with Gasteiger partial charge in [-0.25, -0.2) is 8.78 Å². The smallest absolute Gasteiger partial charge is 0.266 e. The summed E-state index contributed by atoms with van der Waals surface area (Å²) in [5.41, 5.74) is -0.192. The Morgan fingerprint density at radius 3 is 2.62 bits per heavy atom. The van der Waals surface area contributed by atoms with Crippen LogP contribution >= 0.6 is 0 Å². The van der Waals surface area contributed by atoms with Crippen LogP contribution in [0.25, 0.3) is 6.08 Å². The number of nitrogens with one attached hydrogen (secondary N) is 1. The van der Waals surface area contributed by atoms with E-state index in [1.54, 1.807) is 6.07 Å². The van der Waals surface area contributed by atoms with E-state index in [4.69, 9.17) is 10.00 Å². The fourth-order valence-corrected chi connectivity index (χ4v) is 1.89. The monoisotopic (exact) mass is 330 g/mol. The summed E-state index contributed by atoms with van der Waals surface area (Å²) in [5.74, 6) is -2.52. The van der Waals surface area contributed by atoms with Crippen molar-refractivity contribution in [1.82, 2.24) is 0 Å². The molecule has 0 saturated heterocycles. The molecular formula is C17H12F2N2O3. The molecule has 1 amide bonds. The number of anilines is 1. The molecular weight excluding hydrogens is 318 g/mol. The highest BCUT2D eigenvalue weighted by atomic mass is 19.1. The molecule has 0 heterocycles. The fourth-order valence-electron chi connectivity index (χ4n) is 1.89. The number of ether oxygens (including phenoxy) is 1. The third kappa shape index (κ3) is 3.87. The lowest BCUT2D eigenvalue weighted by molar-refractivity contribution is -0.112. The molecule has 0 aromatic heterocycles. The quantitative estimate of drug-likeness (QED) is 0.666. The number of methoxy groups -OCH3 is 1. The number of nitriles is 1. The first-order valence-electron chi connectivity index (χ1n) is 6.70. The Balaban J connectivity index is 2.25. The number of hydrogen-bond donors (Lipinski definition) is 2. The molecule has 0 radical (unpaired) electrons. The van der Waals surface area contributed by atoms with E-state index in [0.29, 0.717) is 11.6 Å². The van der Waals surface area contributed by atoms with Crippen molar-refractivity contribution in [3.8, 4) is 17.6 Å². The molecule has 5 nitrogen and oxygen atoms in total. The Hall–Kier alpha value is -3.40.